The SMILES string of the molecule is CC(C)(C)c1ncc2n1-c1ccc(Cl)cc1C(c1ccccc1F)=NC2. The molecule has 1 aliphatic heterocycles. The summed E-state index contributed by atoms with van der Waals surface area (Å²) < 4.78 is 16.6. The standard InChI is InChI=1S/C21H19ClFN3/c1-21(2,3)20-25-12-14-11-24-19(15-6-4-5-7-17(15)23)16-10-13(22)8-9-18(16)26(14)20/h4-10,12H,11H2,1-3H3. The number of imidazole rings is 1. The van der Waals surface area contributed by atoms with Crippen molar-refractivity contribution in [2.24, 2.45) is 4.99 Å². The summed E-state index contributed by atoms with van der Waals surface area (Å²) in [4.78, 5) is 9.36. The van der Waals surface area contributed by atoms with Crippen LogP contribution in [-0.4, -0.2) is 15.3 Å². The minimum atomic E-state index is -0.294. The van der Waals surface area contributed by atoms with Crippen LogP contribution in [0.4, 0.5) is 4.39 Å². The third-order valence-corrected chi connectivity index (χ3v) is 4.72. The number of aromatic nitrogens is 2. The monoisotopic (exact) mass is 367 g/mol. The Balaban J connectivity index is 2.02. The van der Waals surface area contributed by atoms with E-state index in [9.17, 15) is 4.39 Å². The van der Waals surface area contributed by atoms with Gasteiger partial charge in [0.25, 0.3) is 0 Å². The zero-order chi connectivity index (χ0) is 18.5. The van der Waals surface area contributed by atoms with Crippen molar-refractivity contribution < 1.29 is 4.39 Å². The molecule has 3 aromatic rings. The molecule has 3 nitrogen and oxygen atoms in total. The molecule has 0 aliphatic carbocycles. The Hall–Kier alpha value is -2.46. The second kappa shape index (κ2) is 6.06. The van der Waals surface area contributed by atoms with Crippen LogP contribution in [0.1, 0.15) is 43.4 Å². The first-order valence-corrected chi connectivity index (χ1v) is 8.91. The predicted molar refractivity (Wildman–Crippen MR) is 103 cm³/mol. The second-order valence-electron chi connectivity index (χ2n) is 7.46. The Bertz CT molecular complexity index is 1030. The quantitative estimate of drug-likeness (QED) is 0.573. The smallest absolute Gasteiger partial charge is 0.132 e. The second-order valence-corrected chi connectivity index (χ2v) is 7.90. The molecule has 2 aromatic carbocycles. The van der Waals surface area contributed by atoms with Gasteiger partial charge in [-0.25, -0.2) is 9.37 Å². The van der Waals surface area contributed by atoms with E-state index in [4.69, 9.17) is 16.6 Å². The van der Waals surface area contributed by atoms with E-state index < -0.39 is 0 Å². The number of nitrogens with zero attached hydrogens (tertiary/aromatic N) is 3. The van der Waals surface area contributed by atoms with Gasteiger partial charge >= 0.3 is 0 Å². The summed E-state index contributed by atoms with van der Waals surface area (Å²) in [5.74, 6) is 0.652. The normalized spacial score (nSPS) is 13.7. The lowest BCUT2D eigenvalue weighted by Gasteiger charge is -2.22. The lowest BCUT2D eigenvalue weighted by atomic mass is 9.94. The Morgan fingerprint density at radius 1 is 1.08 bits per heavy atom. The molecule has 0 saturated carbocycles. The third kappa shape index (κ3) is 2.74. The number of halogens is 2. The Labute approximate surface area is 157 Å². The molecule has 1 aromatic heterocycles. The van der Waals surface area contributed by atoms with Gasteiger partial charge in [-0.15, -0.1) is 0 Å². The Morgan fingerprint density at radius 2 is 1.85 bits per heavy atom. The fourth-order valence-corrected chi connectivity index (χ4v) is 3.49. The molecule has 0 saturated heterocycles. The molecule has 0 spiro atoms. The van der Waals surface area contributed by atoms with Gasteiger partial charge in [0.05, 0.1) is 29.8 Å². The van der Waals surface area contributed by atoms with Gasteiger partial charge < -0.3 is 0 Å². The van der Waals surface area contributed by atoms with Crippen molar-refractivity contribution in [2.75, 3.05) is 0 Å². The fraction of sp³-hybridized carbons (Fsp3) is 0.238. The van der Waals surface area contributed by atoms with E-state index in [1.165, 1.54) is 6.07 Å². The van der Waals surface area contributed by atoms with Gasteiger partial charge in [0.15, 0.2) is 0 Å². The Kier molecular flexibility index (Phi) is 3.96. The molecule has 26 heavy (non-hydrogen) atoms. The molecule has 4 rings (SSSR count). The summed E-state index contributed by atoms with van der Waals surface area (Å²) in [7, 11) is 0. The summed E-state index contributed by atoms with van der Waals surface area (Å²) in [5.41, 5.74) is 3.66. The number of fused-ring (bicyclic) bond motifs is 3. The van der Waals surface area contributed by atoms with E-state index in [-0.39, 0.29) is 11.2 Å². The van der Waals surface area contributed by atoms with Gasteiger partial charge in [-0.2, -0.15) is 0 Å². The van der Waals surface area contributed by atoms with E-state index >= 15 is 0 Å². The summed E-state index contributed by atoms with van der Waals surface area (Å²) in [6.45, 7) is 6.81. The minimum absolute atomic E-state index is 0.141. The molecule has 0 atom stereocenters. The highest BCUT2D eigenvalue weighted by atomic mass is 35.5. The number of hydrogen-bond acceptors (Lipinski definition) is 2. The molecule has 0 unspecified atom stereocenters. The Morgan fingerprint density at radius 3 is 2.58 bits per heavy atom. The molecule has 1 aliphatic rings. The summed E-state index contributed by atoms with van der Waals surface area (Å²) in [6.07, 6.45) is 1.85. The molecule has 0 fully saturated rings. The van der Waals surface area contributed by atoms with E-state index in [2.05, 4.69) is 30.3 Å². The van der Waals surface area contributed by atoms with E-state index in [0.717, 1.165) is 22.8 Å². The van der Waals surface area contributed by atoms with Gasteiger partial charge in [0, 0.05) is 21.6 Å². The van der Waals surface area contributed by atoms with Crippen molar-refractivity contribution >= 4 is 17.3 Å². The number of aliphatic imine (C=N–C) groups is 1. The average molecular weight is 368 g/mol. The maximum Gasteiger partial charge on any atom is 0.132 e. The summed E-state index contributed by atoms with van der Waals surface area (Å²) in [5, 5.41) is 0.591. The molecule has 132 valence electrons. The lowest BCUT2D eigenvalue weighted by Crippen LogP contribution is -2.20. The molecule has 0 N–H and O–H groups in total. The van der Waals surface area contributed by atoms with Crippen LogP contribution in [-0.2, 0) is 12.0 Å². The van der Waals surface area contributed by atoms with Crippen LogP contribution in [0.15, 0.2) is 53.7 Å². The number of rotatable bonds is 1. The van der Waals surface area contributed by atoms with Crippen molar-refractivity contribution in [1.82, 2.24) is 9.55 Å². The molecule has 5 heteroatoms. The molecule has 0 amide bonds. The van der Waals surface area contributed by atoms with Gasteiger partial charge in [0.2, 0.25) is 0 Å². The van der Waals surface area contributed by atoms with Crippen LogP contribution in [0, 0.1) is 5.82 Å². The first kappa shape index (κ1) is 17.0. The highest BCUT2D eigenvalue weighted by Gasteiger charge is 2.28. The number of hydrogen-bond donors (Lipinski definition) is 0. The highest BCUT2D eigenvalue weighted by Crippen LogP contribution is 2.33. The maximum absolute atomic E-state index is 14.5. The van der Waals surface area contributed by atoms with Crippen LogP contribution >= 0.6 is 11.6 Å². The molecule has 2 heterocycles. The average Bonchev–Trinajstić information content (AvgIpc) is 2.95. The van der Waals surface area contributed by atoms with Crippen LogP contribution in [0.25, 0.3) is 5.69 Å². The van der Waals surface area contributed by atoms with E-state index in [0.29, 0.717) is 22.8 Å². The van der Waals surface area contributed by atoms with Crippen molar-refractivity contribution in [3.8, 4) is 5.69 Å². The largest absolute Gasteiger partial charge is 0.298 e. The van der Waals surface area contributed by atoms with Crippen LogP contribution in [0.5, 0.6) is 0 Å². The number of benzene rings is 2. The van der Waals surface area contributed by atoms with Gasteiger partial charge in [-0.3, -0.25) is 9.56 Å². The van der Waals surface area contributed by atoms with Gasteiger partial charge in [-0.1, -0.05) is 44.5 Å². The van der Waals surface area contributed by atoms with Crippen LogP contribution in [0.2, 0.25) is 5.02 Å². The van der Waals surface area contributed by atoms with Crippen molar-refractivity contribution in [3.05, 3.63) is 82.1 Å². The van der Waals surface area contributed by atoms with Crippen molar-refractivity contribution in [1.29, 1.82) is 0 Å². The maximum atomic E-state index is 14.5. The van der Waals surface area contributed by atoms with E-state index in [1.807, 2.05) is 30.5 Å². The summed E-state index contributed by atoms with van der Waals surface area (Å²) >= 11 is 6.28. The summed E-state index contributed by atoms with van der Waals surface area (Å²) in [6, 6.07) is 12.4. The highest BCUT2D eigenvalue weighted by molar-refractivity contribution is 6.31. The van der Waals surface area contributed by atoms with Crippen LogP contribution < -0.4 is 0 Å². The topological polar surface area (TPSA) is 30.2 Å². The van der Waals surface area contributed by atoms with Crippen molar-refractivity contribution in [3.63, 3.8) is 0 Å². The molecular formula is C21H19ClFN3. The first-order valence-electron chi connectivity index (χ1n) is 8.53. The third-order valence-electron chi connectivity index (χ3n) is 4.49. The first-order chi connectivity index (χ1) is 12.4. The van der Waals surface area contributed by atoms with Gasteiger partial charge in [-0.05, 0) is 30.3 Å². The van der Waals surface area contributed by atoms with Crippen LogP contribution in [0.3, 0.4) is 0 Å². The zero-order valence-corrected chi connectivity index (χ0v) is 15.7. The van der Waals surface area contributed by atoms with Crippen molar-refractivity contribution in [2.45, 2.75) is 32.7 Å². The molecular weight excluding hydrogens is 349 g/mol. The fourth-order valence-electron chi connectivity index (χ4n) is 3.32. The minimum Gasteiger partial charge on any atom is -0.298 e. The van der Waals surface area contributed by atoms with E-state index in [1.54, 1.807) is 12.1 Å². The zero-order valence-electron chi connectivity index (χ0n) is 14.9. The molecule has 0 radical (unpaired) electrons. The predicted octanol–water partition coefficient (Wildman–Crippen LogP) is 5.31. The van der Waals surface area contributed by atoms with Gasteiger partial charge in [0.1, 0.15) is 11.6 Å². The lowest BCUT2D eigenvalue weighted by molar-refractivity contribution is 0.533. The molecule has 0 bridgehead atoms.